The van der Waals surface area contributed by atoms with Gasteiger partial charge in [0.15, 0.2) is 5.78 Å². The molecule has 26 heavy (non-hydrogen) atoms. The molecule has 0 aliphatic carbocycles. The van der Waals surface area contributed by atoms with Crippen molar-refractivity contribution < 1.29 is 14.7 Å². The van der Waals surface area contributed by atoms with Gasteiger partial charge in [0.1, 0.15) is 11.3 Å². The van der Waals surface area contributed by atoms with Crippen molar-refractivity contribution in [2.45, 2.75) is 71.1 Å². The molecule has 3 nitrogen and oxygen atoms in total. The lowest BCUT2D eigenvalue weighted by Gasteiger charge is -2.01. The fourth-order valence-corrected chi connectivity index (χ4v) is 3.42. The van der Waals surface area contributed by atoms with E-state index in [-0.39, 0.29) is 28.0 Å². The van der Waals surface area contributed by atoms with Crippen molar-refractivity contribution in [3.63, 3.8) is 0 Å². The average molecular weight is 377 g/mol. The molecule has 1 heterocycles. The van der Waals surface area contributed by atoms with Crippen LogP contribution in [0.2, 0.25) is 0 Å². The average Bonchev–Trinajstić information content (AvgIpc) is 2.96. The summed E-state index contributed by atoms with van der Waals surface area (Å²) < 4.78 is 0. The van der Waals surface area contributed by atoms with Gasteiger partial charge in [-0.1, -0.05) is 68.0 Å². The van der Waals surface area contributed by atoms with E-state index in [2.05, 4.69) is 43.4 Å². The molecule has 1 aliphatic rings. The van der Waals surface area contributed by atoms with Crippen LogP contribution in [0, 0.1) is 0 Å². The van der Waals surface area contributed by atoms with E-state index in [0.29, 0.717) is 6.42 Å². The van der Waals surface area contributed by atoms with E-state index < -0.39 is 0 Å². The van der Waals surface area contributed by atoms with Gasteiger partial charge in [-0.2, -0.15) is 0 Å². The summed E-state index contributed by atoms with van der Waals surface area (Å²) in [6, 6.07) is 0. The number of thioether (sulfide) groups is 1. The quantitative estimate of drug-likeness (QED) is 0.136. The van der Waals surface area contributed by atoms with Crippen LogP contribution in [0.3, 0.4) is 0 Å². The number of rotatable bonds is 13. The number of ketones is 1. The Morgan fingerprint density at radius 3 is 2.04 bits per heavy atom. The summed E-state index contributed by atoms with van der Waals surface area (Å²) in [5.41, 5.74) is 0.0232. The van der Waals surface area contributed by atoms with Crippen LogP contribution in [0.25, 0.3) is 0 Å². The monoisotopic (exact) mass is 376 g/mol. The minimum Gasteiger partial charge on any atom is -0.511 e. The normalized spacial score (nSPS) is 17.4. The molecule has 0 spiro atoms. The maximum Gasteiger partial charge on any atom is 0.226 e. The number of unbranched alkanes of at least 4 members (excludes halogenated alkanes) is 5. The minimum atomic E-state index is -0.282. The first-order valence-corrected chi connectivity index (χ1v) is 10.7. The Labute approximate surface area is 162 Å². The fraction of sp³-hybridized carbons (Fsp3) is 0.545. The Morgan fingerprint density at radius 1 is 0.923 bits per heavy atom. The van der Waals surface area contributed by atoms with Gasteiger partial charge in [0, 0.05) is 6.42 Å². The van der Waals surface area contributed by atoms with Crippen LogP contribution < -0.4 is 0 Å². The van der Waals surface area contributed by atoms with Crippen LogP contribution in [0.1, 0.15) is 71.1 Å². The molecule has 0 aromatic rings. The van der Waals surface area contributed by atoms with Crippen LogP contribution >= 0.6 is 11.8 Å². The second-order valence-corrected chi connectivity index (χ2v) is 7.40. The van der Waals surface area contributed by atoms with Crippen molar-refractivity contribution >= 4 is 22.7 Å². The highest BCUT2D eigenvalue weighted by atomic mass is 32.2. The number of hydrogen-bond acceptors (Lipinski definition) is 4. The molecule has 0 bridgehead atoms. The van der Waals surface area contributed by atoms with E-state index in [9.17, 15) is 14.7 Å². The number of carbonyl (C=O) groups is 2. The number of hydrogen-bond donors (Lipinski definition) is 1. The maximum absolute atomic E-state index is 11.5. The van der Waals surface area contributed by atoms with Crippen LogP contribution in [-0.2, 0) is 9.59 Å². The Hall–Kier alpha value is -1.55. The summed E-state index contributed by atoms with van der Waals surface area (Å²) in [6.45, 7) is 2.22. The zero-order valence-electron chi connectivity index (χ0n) is 15.9. The van der Waals surface area contributed by atoms with Crippen LogP contribution in [0.15, 0.2) is 47.8 Å². The highest BCUT2D eigenvalue weighted by Crippen LogP contribution is 2.25. The summed E-state index contributed by atoms with van der Waals surface area (Å²) in [5.74, 6) is -0.0944. The molecule has 1 N–H and O–H groups in total. The van der Waals surface area contributed by atoms with Gasteiger partial charge in [0.05, 0.1) is 5.75 Å². The SMILES string of the molecule is CCCCCC=CCC=CCC=CCCCCC(O)=C1C(=O)CSC1=O. The Bertz CT molecular complexity index is 538. The van der Waals surface area contributed by atoms with Crippen molar-refractivity contribution in [1.29, 1.82) is 0 Å². The van der Waals surface area contributed by atoms with Gasteiger partial charge in [0.25, 0.3) is 0 Å². The predicted octanol–water partition coefficient (Wildman–Crippen LogP) is 6.23. The first-order valence-electron chi connectivity index (χ1n) is 9.74. The van der Waals surface area contributed by atoms with Gasteiger partial charge in [-0.15, -0.1) is 0 Å². The van der Waals surface area contributed by atoms with E-state index in [1.165, 1.54) is 25.7 Å². The third-order valence-corrected chi connectivity index (χ3v) is 5.03. The summed E-state index contributed by atoms with van der Waals surface area (Å²) in [4.78, 5) is 23.0. The zero-order valence-corrected chi connectivity index (χ0v) is 16.7. The number of aliphatic hydroxyl groups excluding tert-OH is 1. The third kappa shape index (κ3) is 9.81. The number of allylic oxidation sites excluding steroid dienone is 7. The van der Waals surface area contributed by atoms with Crippen molar-refractivity contribution in [2.75, 3.05) is 5.75 Å². The van der Waals surface area contributed by atoms with Gasteiger partial charge < -0.3 is 5.11 Å². The third-order valence-electron chi connectivity index (χ3n) is 4.16. The van der Waals surface area contributed by atoms with E-state index in [1.54, 1.807) is 0 Å². The molecule has 1 aliphatic heterocycles. The minimum absolute atomic E-state index is 0.0232. The summed E-state index contributed by atoms with van der Waals surface area (Å²) in [7, 11) is 0. The highest BCUT2D eigenvalue weighted by molar-refractivity contribution is 8.15. The molecule has 0 unspecified atom stereocenters. The standard InChI is InChI=1S/C22H32O3S/c1-2-3-4-5-6-7-8-9-10-11-12-13-14-15-16-17-19(23)21-20(24)18-26-22(21)25/h6-7,9-10,12-13,23H,2-5,8,11,14-18H2,1H3. The Balaban J connectivity index is 2.04. The maximum atomic E-state index is 11.5. The predicted molar refractivity (Wildman–Crippen MR) is 111 cm³/mol. The van der Waals surface area contributed by atoms with Crippen molar-refractivity contribution in [1.82, 2.24) is 0 Å². The van der Waals surface area contributed by atoms with Gasteiger partial charge in [-0.3, -0.25) is 9.59 Å². The molecule has 0 aromatic heterocycles. The molecule has 4 heteroatoms. The number of Topliss-reactive ketones (excluding diaryl/α,β-unsaturated/α-hetero) is 1. The summed E-state index contributed by atoms with van der Waals surface area (Å²) in [5, 5.41) is 9.60. The molecule has 144 valence electrons. The second kappa shape index (κ2) is 14.6. The molecule has 0 aromatic carbocycles. The van der Waals surface area contributed by atoms with Crippen molar-refractivity contribution in [3.8, 4) is 0 Å². The van der Waals surface area contributed by atoms with E-state index in [0.717, 1.165) is 43.9 Å². The highest BCUT2D eigenvalue weighted by Gasteiger charge is 2.30. The topological polar surface area (TPSA) is 54.4 Å². The van der Waals surface area contributed by atoms with Gasteiger partial charge >= 0.3 is 0 Å². The lowest BCUT2D eigenvalue weighted by atomic mass is 10.1. The molecule has 0 saturated carbocycles. The zero-order chi connectivity index (χ0) is 19.0. The number of aliphatic hydroxyl groups is 1. The molecule has 1 rings (SSSR count). The molecule has 1 fully saturated rings. The molecular weight excluding hydrogens is 344 g/mol. The number of carbonyl (C=O) groups excluding carboxylic acids is 2. The lowest BCUT2D eigenvalue weighted by Crippen LogP contribution is -2.05. The van der Waals surface area contributed by atoms with E-state index in [1.807, 2.05) is 0 Å². The van der Waals surface area contributed by atoms with Gasteiger partial charge in [-0.05, 0) is 44.9 Å². The first kappa shape index (κ1) is 22.5. The van der Waals surface area contributed by atoms with Crippen LogP contribution in [0.5, 0.6) is 0 Å². The summed E-state index contributed by atoms with van der Waals surface area (Å²) >= 11 is 0.977. The first-order chi connectivity index (χ1) is 12.7. The van der Waals surface area contributed by atoms with Crippen LogP contribution in [0.4, 0.5) is 0 Å². The van der Waals surface area contributed by atoms with Gasteiger partial charge in [0.2, 0.25) is 5.12 Å². The smallest absolute Gasteiger partial charge is 0.226 e. The molecule has 0 atom stereocenters. The Morgan fingerprint density at radius 2 is 1.50 bits per heavy atom. The summed E-state index contributed by atoms with van der Waals surface area (Å²) in [6.07, 6.45) is 23.3. The fourth-order valence-electron chi connectivity index (χ4n) is 2.64. The molecule has 0 radical (unpaired) electrons. The van der Waals surface area contributed by atoms with Gasteiger partial charge in [-0.25, -0.2) is 0 Å². The molecule has 1 saturated heterocycles. The molecule has 0 amide bonds. The van der Waals surface area contributed by atoms with E-state index >= 15 is 0 Å². The van der Waals surface area contributed by atoms with Crippen molar-refractivity contribution in [2.24, 2.45) is 0 Å². The van der Waals surface area contributed by atoms with Crippen molar-refractivity contribution in [3.05, 3.63) is 47.8 Å². The largest absolute Gasteiger partial charge is 0.511 e. The Kier molecular flexibility index (Phi) is 12.6. The van der Waals surface area contributed by atoms with E-state index in [4.69, 9.17) is 0 Å². The lowest BCUT2D eigenvalue weighted by molar-refractivity contribution is -0.115. The molecular formula is C22H32O3S. The second-order valence-electron chi connectivity index (χ2n) is 6.45. The van der Waals surface area contributed by atoms with Crippen LogP contribution in [-0.4, -0.2) is 21.8 Å².